The van der Waals surface area contributed by atoms with Crippen LogP contribution in [0, 0.1) is 13.8 Å². The highest BCUT2D eigenvalue weighted by atomic mass is 35.5. The highest BCUT2D eigenvalue weighted by Gasteiger charge is 2.22. The first-order chi connectivity index (χ1) is 14.5. The van der Waals surface area contributed by atoms with E-state index in [-0.39, 0.29) is 18.3 Å². The molecule has 0 aliphatic carbocycles. The van der Waals surface area contributed by atoms with Crippen LogP contribution < -0.4 is 4.90 Å². The van der Waals surface area contributed by atoms with Crippen molar-refractivity contribution in [3.63, 3.8) is 0 Å². The van der Waals surface area contributed by atoms with Gasteiger partial charge in [-0.1, -0.05) is 25.2 Å². The molecule has 0 aliphatic rings. The number of benzene rings is 2. The van der Waals surface area contributed by atoms with Gasteiger partial charge in [0.25, 0.3) is 5.91 Å². The van der Waals surface area contributed by atoms with E-state index in [2.05, 4.69) is 49.7 Å². The van der Waals surface area contributed by atoms with Crippen LogP contribution in [0.1, 0.15) is 35.3 Å². The average Bonchev–Trinajstić information content (AvgIpc) is 3.37. The molecule has 0 unspecified atom stereocenters. The van der Waals surface area contributed by atoms with Crippen molar-refractivity contribution in [3.8, 4) is 0 Å². The van der Waals surface area contributed by atoms with E-state index < -0.39 is 0 Å². The monoisotopic (exact) mass is 474 g/mol. The van der Waals surface area contributed by atoms with Crippen molar-refractivity contribution in [2.24, 2.45) is 0 Å². The van der Waals surface area contributed by atoms with Crippen LogP contribution in [0.2, 0.25) is 0 Å². The predicted octanol–water partition coefficient (Wildman–Crippen LogP) is 5.93. The van der Waals surface area contributed by atoms with E-state index in [4.69, 9.17) is 4.98 Å². The van der Waals surface area contributed by atoms with Crippen LogP contribution >= 0.6 is 35.1 Å². The zero-order chi connectivity index (χ0) is 21.3. The van der Waals surface area contributed by atoms with Crippen molar-refractivity contribution in [1.82, 2.24) is 14.9 Å². The number of likely N-dealkylation sites (N-methyl/N-ethyl adjacent to an activating group) is 1. The van der Waals surface area contributed by atoms with Gasteiger partial charge in [0, 0.05) is 18.7 Å². The Morgan fingerprint density at radius 3 is 2.45 bits per heavy atom. The number of aromatic nitrogens is 2. The number of carbonyl (C=O) groups excluding carboxylic acids is 1. The van der Waals surface area contributed by atoms with Crippen molar-refractivity contribution in [1.29, 1.82) is 0 Å². The van der Waals surface area contributed by atoms with E-state index in [0.29, 0.717) is 12.1 Å². The van der Waals surface area contributed by atoms with Gasteiger partial charge in [0.2, 0.25) is 0 Å². The van der Waals surface area contributed by atoms with Gasteiger partial charge in [-0.3, -0.25) is 9.69 Å². The number of halogens is 1. The van der Waals surface area contributed by atoms with Crippen molar-refractivity contribution in [2.45, 2.75) is 27.7 Å². The number of nitrogens with zero attached hydrogens (tertiary/aromatic N) is 4. The molecular formula is C23H27ClN4OS2. The van der Waals surface area contributed by atoms with Crippen LogP contribution in [0.3, 0.4) is 0 Å². The van der Waals surface area contributed by atoms with Crippen molar-refractivity contribution in [2.75, 3.05) is 31.1 Å². The summed E-state index contributed by atoms with van der Waals surface area (Å²) < 4.78 is 2.15. The quantitative estimate of drug-likeness (QED) is 0.333. The fourth-order valence-corrected chi connectivity index (χ4v) is 5.28. The minimum Gasteiger partial charge on any atom is -0.302 e. The van der Waals surface area contributed by atoms with Gasteiger partial charge < -0.3 is 4.90 Å². The third-order valence-corrected chi connectivity index (χ3v) is 7.41. The van der Waals surface area contributed by atoms with Gasteiger partial charge in [0.15, 0.2) is 5.13 Å². The van der Waals surface area contributed by atoms with E-state index in [1.54, 1.807) is 22.7 Å². The Balaban J connectivity index is 0.00000272. The Labute approximate surface area is 197 Å². The lowest BCUT2D eigenvalue weighted by molar-refractivity contribution is 0.0984. The number of anilines is 1. The summed E-state index contributed by atoms with van der Waals surface area (Å²) in [5.41, 5.74) is 6.84. The summed E-state index contributed by atoms with van der Waals surface area (Å²) in [6.07, 6.45) is 0. The lowest BCUT2D eigenvalue weighted by Gasteiger charge is -2.24. The highest BCUT2D eigenvalue weighted by molar-refractivity contribution is 7.22. The lowest BCUT2D eigenvalue weighted by atomic mass is 10.1. The molecule has 0 saturated heterocycles. The van der Waals surface area contributed by atoms with Gasteiger partial charge in [-0.15, -0.1) is 23.7 Å². The molecule has 4 aromatic rings. The number of carbonyl (C=O) groups is 1. The highest BCUT2D eigenvalue weighted by Crippen LogP contribution is 2.32. The molecule has 0 spiro atoms. The number of hydrogen-bond acceptors (Lipinski definition) is 6. The van der Waals surface area contributed by atoms with E-state index in [1.807, 2.05) is 28.6 Å². The molecule has 8 heteroatoms. The van der Waals surface area contributed by atoms with Crippen LogP contribution in [-0.2, 0) is 0 Å². The van der Waals surface area contributed by atoms with Crippen LogP contribution in [0.25, 0.3) is 20.4 Å². The van der Waals surface area contributed by atoms with Gasteiger partial charge in [-0.2, -0.15) is 0 Å². The minimum atomic E-state index is -0.00930. The molecule has 0 fully saturated rings. The fourth-order valence-electron chi connectivity index (χ4n) is 3.49. The van der Waals surface area contributed by atoms with Gasteiger partial charge >= 0.3 is 0 Å². The molecule has 2 heterocycles. The first kappa shape index (κ1) is 23.6. The molecule has 4 rings (SSSR count). The second-order valence-corrected chi connectivity index (χ2v) is 9.31. The Morgan fingerprint density at radius 2 is 1.71 bits per heavy atom. The number of aryl methyl sites for hydroxylation is 2. The van der Waals surface area contributed by atoms with E-state index in [9.17, 15) is 4.79 Å². The minimum absolute atomic E-state index is 0. The Hall–Kier alpha value is -2.06. The smallest absolute Gasteiger partial charge is 0.260 e. The van der Waals surface area contributed by atoms with Gasteiger partial charge in [-0.25, -0.2) is 9.97 Å². The molecule has 5 nitrogen and oxygen atoms in total. The number of fused-ring (bicyclic) bond motifs is 2. The van der Waals surface area contributed by atoms with Gasteiger partial charge in [-0.05, 0) is 68.4 Å². The zero-order valence-electron chi connectivity index (χ0n) is 18.2. The summed E-state index contributed by atoms with van der Waals surface area (Å²) in [5.74, 6) is -0.00930. The van der Waals surface area contributed by atoms with Crippen LogP contribution in [-0.4, -0.2) is 47.0 Å². The van der Waals surface area contributed by atoms with E-state index in [0.717, 1.165) is 45.2 Å². The number of amides is 1. The summed E-state index contributed by atoms with van der Waals surface area (Å²) in [7, 11) is 0. The predicted molar refractivity (Wildman–Crippen MR) is 135 cm³/mol. The average molecular weight is 475 g/mol. The molecule has 0 radical (unpaired) electrons. The second kappa shape index (κ2) is 10.0. The normalized spacial score (nSPS) is 11.3. The maximum absolute atomic E-state index is 13.6. The van der Waals surface area contributed by atoms with Crippen LogP contribution in [0.5, 0.6) is 0 Å². The molecule has 2 aromatic heterocycles. The summed E-state index contributed by atoms with van der Waals surface area (Å²) in [4.78, 5) is 26.9. The first-order valence-electron chi connectivity index (χ1n) is 10.3. The fraction of sp³-hybridized carbons (Fsp3) is 0.348. The molecule has 0 saturated carbocycles. The molecule has 164 valence electrons. The Bertz CT molecular complexity index is 1160. The standard InChI is InChI=1S/C23H26N4OS2.ClH/c1-5-26(6-2)9-10-27(22(28)17-7-8-18-20(13-17)29-14-24-18)23-25-19-11-15(3)16(4)12-21(19)30-23;/h7-8,11-14H,5-6,9-10H2,1-4H3;1H. The maximum Gasteiger partial charge on any atom is 0.260 e. The maximum atomic E-state index is 13.6. The van der Waals surface area contributed by atoms with Crippen molar-refractivity contribution < 1.29 is 4.79 Å². The van der Waals surface area contributed by atoms with Gasteiger partial charge in [0.05, 0.1) is 25.9 Å². The zero-order valence-corrected chi connectivity index (χ0v) is 20.7. The first-order valence-corrected chi connectivity index (χ1v) is 11.9. The lowest BCUT2D eigenvalue weighted by Crippen LogP contribution is -2.38. The van der Waals surface area contributed by atoms with E-state index in [1.165, 1.54) is 11.1 Å². The number of thiazole rings is 2. The third kappa shape index (κ3) is 4.90. The molecular weight excluding hydrogens is 448 g/mol. The number of rotatable bonds is 7. The van der Waals surface area contributed by atoms with E-state index >= 15 is 0 Å². The molecule has 2 aromatic carbocycles. The summed E-state index contributed by atoms with van der Waals surface area (Å²) >= 11 is 3.14. The Morgan fingerprint density at radius 1 is 0.968 bits per heavy atom. The third-order valence-electron chi connectivity index (χ3n) is 5.58. The summed E-state index contributed by atoms with van der Waals surface area (Å²) in [6, 6.07) is 10.0. The van der Waals surface area contributed by atoms with Gasteiger partial charge in [0.1, 0.15) is 0 Å². The molecule has 31 heavy (non-hydrogen) atoms. The molecule has 0 bridgehead atoms. The summed E-state index contributed by atoms with van der Waals surface area (Å²) in [6.45, 7) is 11.9. The molecule has 1 amide bonds. The molecule has 0 N–H and O–H groups in total. The second-order valence-electron chi connectivity index (χ2n) is 7.42. The largest absolute Gasteiger partial charge is 0.302 e. The van der Waals surface area contributed by atoms with Crippen molar-refractivity contribution >= 4 is 66.6 Å². The van der Waals surface area contributed by atoms with Crippen LogP contribution in [0.15, 0.2) is 35.8 Å². The van der Waals surface area contributed by atoms with Crippen molar-refractivity contribution in [3.05, 3.63) is 52.5 Å². The molecule has 0 aliphatic heterocycles. The van der Waals surface area contributed by atoms with Crippen LogP contribution in [0.4, 0.5) is 5.13 Å². The topological polar surface area (TPSA) is 49.3 Å². The summed E-state index contributed by atoms with van der Waals surface area (Å²) in [5, 5.41) is 0.761. The molecule has 0 atom stereocenters. The SMILES string of the molecule is CCN(CC)CCN(C(=O)c1ccc2ncsc2c1)c1nc2cc(C)c(C)cc2s1.Cl. The number of hydrogen-bond donors (Lipinski definition) is 0. The Kier molecular flexibility index (Phi) is 7.64.